The van der Waals surface area contributed by atoms with E-state index in [-0.39, 0.29) is 35.4 Å². The third kappa shape index (κ3) is 5.81. The van der Waals surface area contributed by atoms with Crippen LogP contribution in [0.1, 0.15) is 18.4 Å². The maximum Gasteiger partial charge on any atom is 0.166 e. The van der Waals surface area contributed by atoms with E-state index in [4.69, 9.17) is 9.47 Å². The van der Waals surface area contributed by atoms with Gasteiger partial charge in [0.25, 0.3) is 0 Å². The quantitative estimate of drug-likeness (QED) is 0.381. The van der Waals surface area contributed by atoms with Crippen molar-refractivity contribution in [2.75, 3.05) is 27.3 Å². The molecule has 0 atom stereocenters. The van der Waals surface area contributed by atoms with Crippen LogP contribution < -0.4 is 4.74 Å². The maximum atomic E-state index is 9.99. The number of aromatic hydroxyl groups is 1. The Kier molecular flexibility index (Phi) is 9.12. The summed E-state index contributed by atoms with van der Waals surface area (Å²) >= 11 is 0. The summed E-state index contributed by atoms with van der Waals surface area (Å²) in [6.45, 7) is 0.955. The molecule has 0 aliphatic heterocycles. The molecule has 2 N–H and O–H groups in total. The van der Waals surface area contributed by atoms with Crippen molar-refractivity contribution < 1.29 is 19.7 Å². The van der Waals surface area contributed by atoms with E-state index in [9.17, 15) is 10.2 Å². The van der Waals surface area contributed by atoms with Gasteiger partial charge in [-0.25, -0.2) is 0 Å². The first-order valence-electron chi connectivity index (χ1n) is 7.69. The first kappa shape index (κ1) is 21.1. The number of nitrogens with zero attached hydrogens (tertiary/aromatic N) is 2. The average Bonchev–Trinajstić information content (AvgIpc) is 2.60. The van der Waals surface area contributed by atoms with E-state index in [0.717, 1.165) is 6.42 Å². The molecule has 2 rings (SSSR count). The van der Waals surface area contributed by atoms with Gasteiger partial charge in [0, 0.05) is 53.9 Å². The number of allylic oxidation sites excluding steroid dienone is 3. The zero-order chi connectivity index (χ0) is 17.4. The van der Waals surface area contributed by atoms with Crippen LogP contribution in [0, 0.1) is 0 Å². The second-order valence-corrected chi connectivity index (χ2v) is 5.14. The Morgan fingerprint density at radius 1 is 1.08 bits per heavy atom. The number of benzene rings is 1. The third-order valence-corrected chi connectivity index (χ3v) is 3.59. The predicted molar refractivity (Wildman–Crippen MR) is 100 cm³/mol. The Bertz CT molecular complexity index is 696. The summed E-state index contributed by atoms with van der Waals surface area (Å²) in [4.78, 5) is 8.50. The van der Waals surface area contributed by atoms with E-state index in [2.05, 4.69) is 9.98 Å². The molecule has 0 saturated heterocycles. The first-order valence-corrected chi connectivity index (χ1v) is 7.69. The van der Waals surface area contributed by atoms with Gasteiger partial charge in [-0.05, 0) is 18.6 Å². The van der Waals surface area contributed by atoms with Crippen molar-refractivity contribution in [1.82, 2.24) is 0 Å². The molecule has 0 spiro atoms. The molecule has 0 unspecified atom stereocenters. The Balaban J connectivity index is 0.00000312. The van der Waals surface area contributed by atoms with Gasteiger partial charge < -0.3 is 19.7 Å². The van der Waals surface area contributed by atoms with Gasteiger partial charge in [-0.15, -0.1) is 0 Å². The van der Waals surface area contributed by atoms with E-state index >= 15 is 0 Å². The number of aliphatic hydroxyl groups excluding tert-OH is 1. The molecule has 0 aromatic heterocycles. The smallest absolute Gasteiger partial charge is 0.166 e. The van der Waals surface area contributed by atoms with E-state index < -0.39 is 0 Å². The summed E-state index contributed by atoms with van der Waals surface area (Å²) in [6.07, 6.45) is 6.68. The summed E-state index contributed by atoms with van der Waals surface area (Å²) in [7, 11) is 3.05. The van der Waals surface area contributed by atoms with Gasteiger partial charge in [-0.1, -0.05) is 12.1 Å². The minimum atomic E-state index is 0. The number of aliphatic hydroxyl groups is 1. The summed E-state index contributed by atoms with van der Waals surface area (Å²) < 4.78 is 10.2. The third-order valence-electron chi connectivity index (χ3n) is 3.59. The molecule has 0 heterocycles. The van der Waals surface area contributed by atoms with Gasteiger partial charge >= 0.3 is 0 Å². The summed E-state index contributed by atoms with van der Waals surface area (Å²) in [5.74, 6) is 1.22. The average molecular weight is 449 g/mol. The zero-order valence-corrected chi connectivity index (χ0v) is 17.3. The Labute approximate surface area is 164 Å². The van der Waals surface area contributed by atoms with E-state index in [1.807, 2.05) is 6.08 Å². The minimum absolute atomic E-state index is 0. The van der Waals surface area contributed by atoms with Crippen LogP contribution in [0.5, 0.6) is 11.5 Å². The molecule has 1 aliphatic carbocycles. The fourth-order valence-corrected chi connectivity index (χ4v) is 2.30. The molecule has 7 heteroatoms. The Morgan fingerprint density at radius 3 is 2.48 bits per heavy atom. The SMILES string of the molecule is COC1=C(O)C(C=NCCN=Cc2cccc(OC)c2O)=CCC1.[Sn]. The summed E-state index contributed by atoms with van der Waals surface area (Å²) in [6, 6.07) is 5.23. The first-order chi connectivity index (χ1) is 11.7. The van der Waals surface area contributed by atoms with Gasteiger partial charge in [0.05, 0.1) is 27.3 Å². The number of rotatable bonds is 7. The predicted octanol–water partition coefficient (Wildman–Crippen LogP) is 2.65. The number of ether oxygens (including phenoxy) is 2. The van der Waals surface area contributed by atoms with Gasteiger partial charge in [0.15, 0.2) is 17.3 Å². The van der Waals surface area contributed by atoms with Crippen molar-refractivity contribution in [2.45, 2.75) is 12.8 Å². The summed E-state index contributed by atoms with van der Waals surface area (Å²) in [5, 5.41) is 19.9. The van der Waals surface area contributed by atoms with E-state index in [1.54, 1.807) is 37.7 Å². The van der Waals surface area contributed by atoms with Crippen LogP contribution in [0.3, 0.4) is 0 Å². The van der Waals surface area contributed by atoms with Crippen molar-refractivity contribution in [3.8, 4) is 11.5 Å². The van der Waals surface area contributed by atoms with E-state index in [0.29, 0.717) is 42.2 Å². The zero-order valence-electron chi connectivity index (χ0n) is 14.4. The van der Waals surface area contributed by atoms with Gasteiger partial charge in [-0.3, -0.25) is 9.98 Å². The number of aliphatic imine (C=N–C) groups is 2. The monoisotopic (exact) mass is 450 g/mol. The molecule has 0 fully saturated rings. The number of methoxy groups -OCH3 is 2. The molecule has 1 aromatic rings. The normalized spacial score (nSPS) is 14.6. The molecule has 6 nitrogen and oxygen atoms in total. The minimum Gasteiger partial charge on any atom is -0.504 e. The standard InChI is InChI=1S/C18H22N2O4.Sn/c1-23-15-7-3-5-13(17(15)21)11-19-9-10-20-12-14-6-4-8-16(24-2)18(14)22;/h3,5-7,11-12,21-22H,4,8-10H2,1-2H3;. The van der Waals surface area contributed by atoms with Gasteiger partial charge in [-0.2, -0.15) is 0 Å². The molecule has 0 amide bonds. The van der Waals surface area contributed by atoms with Crippen LogP contribution in [0.4, 0.5) is 0 Å². The molecular weight excluding hydrogens is 427 g/mol. The van der Waals surface area contributed by atoms with Gasteiger partial charge in [0.2, 0.25) is 0 Å². The van der Waals surface area contributed by atoms with Crippen LogP contribution in [-0.2, 0) is 4.74 Å². The second kappa shape index (κ2) is 10.8. The number of phenols is 1. The second-order valence-electron chi connectivity index (χ2n) is 5.14. The van der Waals surface area contributed by atoms with Crippen molar-refractivity contribution in [3.05, 3.63) is 46.9 Å². The van der Waals surface area contributed by atoms with Crippen molar-refractivity contribution in [1.29, 1.82) is 0 Å². The Morgan fingerprint density at radius 2 is 1.80 bits per heavy atom. The molecular formula is C18H22N2O4Sn. The largest absolute Gasteiger partial charge is 0.504 e. The maximum absolute atomic E-state index is 9.99. The van der Waals surface area contributed by atoms with Crippen LogP contribution in [0.2, 0.25) is 0 Å². The number of para-hydroxylation sites is 1. The van der Waals surface area contributed by atoms with Gasteiger partial charge in [0.1, 0.15) is 5.76 Å². The molecule has 132 valence electrons. The van der Waals surface area contributed by atoms with Crippen LogP contribution in [0.25, 0.3) is 0 Å². The molecule has 0 saturated carbocycles. The van der Waals surface area contributed by atoms with Crippen molar-refractivity contribution in [2.24, 2.45) is 9.98 Å². The summed E-state index contributed by atoms with van der Waals surface area (Å²) in [5.41, 5.74) is 1.27. The Hall–Kier alpha value is -1.96. The number of phenolic OH excluding ortho intramolecular Hbond substituents is 1. The van der Waals surface area contributed by atoms with Crippen LogP contribution >= 0.6 is 0 Å². The fourth-order valence-electron chi connectivity index (χ4n) is 2.30. The van der Waals surface area contributed by atoms with Crippen LogP contribution in [-0.4, -0.2) is 73.9 Å². The number of hydrogen-bond acceptors (Lipinski definition) is 6. The molecule has 1 aromatic carbocycles. The van der Waals surface area contributed by atoms with Crippen molar-refractivity contribution in [3.63, 3.8) is 0 Å². The topological polar surface area (TPSA) is 83.6 Å². The van der Waals surface area contributed by atoms with Crippen molar-refractivity contribution >= 4 is 36.3 Å². The van der Waals surface area contributed by atoms with Crippen LogP contribution in [0.15, 0.2) is 51.4 Å². The molecule has 25 heavy (non-hydrogen) atoms. The fraction of sp³-hybridized carbons (Fsp3) is 0.333. The molecule has 4 radical (unpaired) electrons. The number of hydrogen-bond donors (Lipinski definition) is 2. The van der Waals surface area contributed by atoms with E-state index in [1.165, 1.54) is 7.11 Å². The molecule has 1 aliphatic rings. The molecule has 0 bridgehead atoms.